The van der Waals surface area contributed by atoms with Crippen LogP contribution in [-0.2, 0) is 10.5 Å². The summed E-state index contributed by atoms with van der Waals surface area (Å²) < 4.78 is 0. The second-order valence-electron chi connectivity index (χ2n) is 6.20. The summed E-state index contributed by atoms with van der Waals surface area (Å²) in [5.74, 6) is 0.229. The minimum Gasteiger partial charge on any atom is -0.370 e. The van der Waals surface area contributed by atoms with Gasteiger partial charge < -0.3 is 11.5 Å². The topological polar surface area (TPSA) is 105 Å². The fourth-order valence-electron chi connectivity index (χ4n) is 2.83. The first-order valence-electron chi connectivity index (χ1n) is 7.49. The van der Waals surface area contributed by atoms with Gasteiger partial charge in [0.05, 0.1) is 0 Å². The van der Waals surface area contributed by atoms with Crippen LogP contribution in [-0.4, -0.2) is 27.6 Å². The van der Waals surface area contributed by atoms with Crippen molar-refractivity contribution in [1.82, 2.24) is 5.06 Å². The van der Waals surface area contributed by atoms with Gasteiger partial charge in [0.2, 0.25) is 5.91 Å². The van der Waals surface area contributed by atoms with E-state index in [0.29, 0.717) is 25.1 Å². The molecule has 2 rings (SSSR count). The number of hydrogen-bond acceptors (Lipinski definition) is 5. The second-order valence-corrected chi connectivity index (χ2v) is 6.20. The van der Waals surface area contributed by atoms with Gasteiger partial charge in [-0.2, -0.15) is 0 Å². The summed E-state index contributed by atoms with van der Waals surface area (Å²) in [6.45, 7) is 3.80. The molecule has 0 bridgehead atoms. The number of primary amides is 1. The largest absolute Gasteiger partial charge is 0.370 e. The van der Waals surface area contributed by atoms with Gasteiger partial charge in [0, 0.05) is 12.8 Å². The highest BCUT2D eigenvalue weighted by atomic mass is 16.5. The van der Waals surface area contributed by atoms with Crippen molar-refractivity contribution < 1.29 is 10.0 Å². The number of aliphatic imine (C=N–C) groups is 1. The van der Waals surface area contributed by atoms with E-state index in [1.54, 1.807) is 0 Å². The Balaban J connectivity index is 2.15. The number of amides is 1. The first-order valence-corrected chi connectivity index (χ1v) is 7.49. The number of amidine groups is 1. The second kappa shape index (κ2) is 6.06. The Morgan fingerprint density at radius 1 is 1.27 bits per heavy atom. The van der Waals surface area contributed by atoms with Crippen LogP contribution >= 0.6 is 0 Å². The Morgan fingerprint density at radius 2 is 1.91 bits per heavy atom. The monoisotopic (exact) mass is 304 g/mol. The van der Waals surface area contributed by atoms with Gasteiger partial charge in [-0.25, -0.2) is 5.06 Å². The Hall–Kier alpha value is -1.92. The SMILES string of the molecule is CC1(C)N=C(CCCCC(N)=O)N(O)C1(N)c1ccccc1. The Morgan fingerprint density at radius 3 is 2.50 bits per heavy atom. The van der Waals surface area contributed by atoms with Gasteiger partial charge in [-0.15, -0.1) is 0 Å². The highest BCUT2D eigenvalue weighted by molar-refractivity contribution is 5.85. The third-order valence-corrected chi connectivity index (χ3v) is 4.21. The van der Waals surface area contributed by atoms with Gasteiger partial charge in [-0.05, 0) is 32.3 Å². The Labute approximate surface area is 130 Å². The van der Waals surface area contributed by atoms with Crippen LogP contribution in [0.3, 0.4) is 0 Å². The molecule has 1 heterocycles. The van der Waals surface area contributed by atoms with E-state index in [1.165, 1.54) is 0 Å². The number of carbonyl (C=O) groups is 1. The van der Waals surface area contributed by atoms with Gasteiger partial charge in [-0.1, -0.05) is 30.3 Å². The van der Waals surface area contributed by atoms with Crippen LogP contribution in [0.25, 0.3) is 0 Å². The lowest BCUT2D eigenvalue weighted by atomic mass is 9.83. The Bertz CT molecular complexity index is 571. The zero-order valence-corrected chi connectivity index (χ0v) is 13.1. The van der Waals surface area contributed by atoms with Gasteiger partial charge in [0.15, 0.2) is 5.66 Å². The molecule has 0 aliphatic carbocycles. The quantitative estimate of drug-likeness (QED) is 0.696. The average molecular weight is 304 g/mol. The minimum absolute atomic E-state index is 0.313. The number of nitrogens with two attached hydrogens (primary N) is 2. The van der Waals surface area contributed by atoms with Crippen molar-refractivity contribution in [3.05, 3.63) is 35.9 Å². The molecule has 22 heavy (non-hydrogen) atoms. The van der Waals surface area contributed by atoms with E-state index in [9.17, 15) is 10.0 Å². The lowest BCUT2D eigenvalue weighted by Crippen LogP contribution is -2.60. The fourth-order valence-corrected chi connectivity index (χ4v) is 2.83. The van der Waals surface area contributed by atoms with Crippen molar-refractivity contribution in [1.29, 1.82) is 0 Å². The molecule has 120 valence electrons. The molecule has 1 aliphatic heterocycles. The molecule has 1 unspecified atom stereocenters. The highest BCUT2D eigenvalue weighted by Crippen LogP contribution is 2.41. The molecule has 0 saturated carbocycles. The van der Waals surface area contributed by atoms with Crippen molar-refractivity contribution in [2.75, 3.05) is 0 Å². The molecule has 0 radical (unpaired) electrons. The maximum Gasteiger partial charge on any atom is 0.217 e. The predicted octanol–water partition coefficient (Wildman–Crippen LogP) is 1.73. The number of hydrogen-bond donors (Lipinski definition) is 3. The van der Waals surface area contributed by atoms with Crippen LogP contribution in [0.2, 0.25) is 0 Å². The summed E-state index contributed by atoms with van der Waals surface area (Å²) in [5, 5.41) is 11.7. The standard InChI is InChI=1S/C16H24N4O2/c1-15(2)16(18,12-8-4-3-5-9-12)20(22)14(19-15)11-7-6-10-13(17)21/h3-5,8-9,22H,6-7,10-11,18H2,1-2H3,(H2,17,21). The summed E-state index contributed by atoms with van der Waals surface area (Å²) in [4.78, 5) is 15.4. The van der Waals surface area contributed by atoms with Crippen LogP contribution in [0.5, 0.6) is 0 Å². The molecule has 0 aromatic heterocycles. The molecule has 1 aromatic carbocycles. The van der Waals surface area contributed by atoms with Crippen LogP contribution in [0.4, 0.5) is 0 Å². The third kappa shape index (κ3) is 2.84. The summed E-state index contributed by atoms with van der Waals surface area (Å²) in [5.41, 5.74) is 10.7. The number of unbranched alkanes of at least 4 members (excludes halogenated alkanes) is 1. The molecule has 0 spiro atoms. The summed E-state index contributed by atoms with van der Waals surface area (Å²) >= 11 is 0. The van der Waals surface area contributed by atoms with Gasteiger partial charge in [0.25, 0.3) is 0 Å². The van der Waals surface area contributed by atoms with Crippen molar-refractivity contribution in [2.45, 2.75) is 50.7 Å². The maximum absolute atomic E-state index is 10.8. The van der Waals surface area contributed by atoms with Crippen LogP contribution in [0, 0.1) is 0 Å². The van der Waals surface area contributed by atoms with Crippen LogP contribution in [0.15, 0.2) is 35.3 Å². The third-order valence-electron chi connectivity index (χ3n) is 4.21. The first kappa shape index (κ1) is 16.5. The molecule has 6 heteroatoms. The number of nitrogens with zero attached hydrogens (tertiary/aromatic N) is 2. The van der Waals surface area contributed by atoms with E-state index in [-0.39, 0.29) is 5.91 Å². The molecule has 1 amide bonds. The molecule has 0 fully saturated rings. The van der Waals surface area contributed by atoms with E-state index in [1.807, 2.05) is 44.2 Å². The summed E-state index contributed by atoms with van der Waals surface area (Å²) in [6, 6.07) is 9.45. The van der Waals surface area contributed by atoms with Crippen LogP contribution < -0.4 is 11.5 Å². The summed E-state index contributed by atoms with van der Waals surface area (Å²) in [7, 11) is 0. The molecule has 0 saturated heterocycles. The van der Waals surface area contributed by atoms with Crippen molar-refractivity contribution in [3.63, 3.8) is 0 Å². The maximum atomic E-state index is 10.8. The smallest absolute Gasteiger partial charge is 0.217 e. The average Bonchev–Trinajstić information content (AvgIpc) is 2.65. The first-order chi connectivity index (χ1) is 10.3. The van der Waals surface area contributed by atoms with E-state index < -0.39 is 11.2 Å². The van der Waals surface area contributed by atoms with Crippen LogP contribution in [0.1, 0.15) is 45.1 Å². The van der Waals surface area contributed by atoms with Crippen molar-refractivity contribution in [3.8, 4) is 0 Å². The molecular weight excluding hydrogens is 280 g/mol. The van der Waals surface area contributed by atoms with E-state index in [4.69, 9.17) is 11.5 Å². The Kier molecular flexibility index (Phi) is 4.53. The molecule has 5 N–H and O–H groups in total. The zero-order valence-electron chi connectivity index (χ0n) is 13.1. The lowest BCUT2D eigenvalue weighted by Gasteiger charge is -2.40. The van der Waals surface area contributed by atoms with Gasteiger partial charge >= 0.3 is 0 Å². The van der Waals surface area contributed by atoms with Crippen molar-refractivity contribution >= 4 is 11.7 Å². The lowest BCUT2D eigenvalue weighted by molar-refractivity contribution is -0.120. The molecular formula is C16H24N4O2. The zero-order chi connectivity index (χ0) is 16.4. The van der Waals surface area contributed by atoms with E-state index >= 15 is 0 Å². The minimum atomic E-state index is -1.10. The van der Waals surface area contributed by atoms with E-state index in [0.717, 1.165) is 17.0 Å². The normalized spacial score (nSPS) is 23.5. The molecule has 6 nitrogen and oxygen atoms in total. The predicted molar refractivity (Wildman–Crippen MR) is 85.1 cm³/mol. The highest BCUT2D eigenvalue weighted by Gasteiger charge is 2.54. The molecule has 1 atom stereocenters. The van der Waals surface area contributed by atoms with E-state index in [2.05, 4.69) is 4.99 Å². The summed E-state index contributed by atoms with van der Waals surface area (Å²) in [6.07, 6.45) is 2.29. The number of benzene rings is 1. The number of carbonyl (C=O) groups excluding carboxylic acids is 1. The number of rotatable bonds is 6. The van der Waals surface area contributed by atoms with Crippen molar-refractivity contribution in [2.24, 2.45) is 16.5 Å². The fraction of sp³-hybridized carbons (Fsp3) is 0.500. The van der Waals surface area contributed by atoms with Gasteiger partial charge in [-0.3, -0.25) is 15.0 Å². The molecule has 1 aliphatic rings. The molecule has 1 aromatic rings. The van der Waals surface area contributed by atoms with Gasteiger partial charge in [0.1, 0.15) is 11.4 Å². The number of hydroxylamine groups is 2.